The van der Waals surface area contributed by atoms with E-state index in [0.29, 0.717) is 23.2 Å². The number of hydrogen-bond donors (Lipinski definition) is 1. The van der Waals surface area contributed by atoms with Crippen molar-refractivity contribution >= 4 is 23.1 Å². The number of nitrogens with one attached hydrogen (secondary N) is 1. The molecule has 9 heteroatoms. The van der Waals surface area contributed by atoms with Crippen LogP contribution in [0.5, 0.6) is 5.88 Å². The van der Waals surface area contributed by atoms with Crippen LogP contribution in [0, 0.1) is 0 Å². The van der Waals surface area contributed by atoms with E-state index in [4.69, 9.17) is 4.74 Å². The molecular formula is C17H14N8O. The van der Waals surface area contributed by atoms with Crippen LogP contribution >= 0.6 is 0 Å². The molecule has 128 valence electrons. The van der Waals surface area contributed by atoms with Crippen molar-refractivity contribution in [1.29, 1.82) is 0 Å². The highest BCUT2D eigenvalue weighted by molar-refractivity contribution is 5.87. The molecule has 4 aromatic rings. The van der Waals surface area contributed by atoms with Crippen molar-refractivity contribution in [2.45, 2.75) is 0 Å². The normalized spacial score (nSPS) is 11.1. The molecule has 0 aliphatic rings. The van der Waals surface area contributed by atoms with Gasteiger partial charge < -0.3 is 4.74 Å². The van der Waals surface area contributed by atoms with Crippen LogP contribution in [-0.4, -0.2) is 43.0 Å². The van der Waals surface area contributed by atoms with E-state index in [1.807, 2.05) is 24.3 Å². The first kappa shape index (κ1) is 15.6. The van der Waals surface area contributed by atoms with Crippen LogP contribution in [0.2, 0.25) is 0 Å². The average molecular weight is 346 g/mol. The fraction of sp³-hybridized carbons (Fsp3) is 0.0588. The Morgan fingerprint density at radius 1 is 1.15 bits per heavy atom. The Morgan fingerprint density at radius 3 is 2.96 bits per heavy atom. The molecule has 9 nitrogen and oxygen atoms in total. The number of pyridine rings is 2. The number of nitrogens with zero attached hydrogens (tertiary/aromatic N) is 7. The lowest BCUT2D eigenvalue weighted by Gasteiger charge is -2.04. The van der Waals surface area contributed by atoms with Gasteiger partial charge in [0.1, 0.15) is 6.33 Å². The first-order valence-electron chi connectivity index (χ1n) is 7.74. The van der Waals surface area contributed by atoms with E-state index in [9.17, 15) is 0 Å². The van der Waals surface area contributed by atoms with Crippen LogP contribution in [0.15, 0.2) is 60.4 Å². The van der Waals surface area contributed by atoms with Gasteiger partial charge in [-0.25, -0.2) is 9.97 Å². The lowest BCUT2D eigenvalue weighted by atomic mass is 10.3. The van der Waals surface area contributed by atoms with Gasteiger partial charge in [0.15, 0.2) is 17.3 Å². The number of aromatic nitrogens is 6. The average Bonchev–Trinajstić information content (AvgIpc) is 3.14. The fourth-order valence-electron chi connectivity index (χ4n) is 2.36. The molecular weight excluding hydrogens is 332 g/mol. The standard InChI is InChI=1S/C17H14N8O/c1-26-15-6-2-5-14(23-15)25-17-13(10-22-25)16(19-11-20-17)24-21-9-12-4-3-7-18-8-12/h2-11H,1H3,(H,19,20,24). The molecule has 0 spiro atoms. The van der Waals surface area contributed by atoms with E-state index >= 15 is 0 Å². The molecule has 0 unspecified atom stereocenters. The van der Waals surface area contributed by atoms with Gasteiger partial charge in [-0.15, -0.1) is 0 Å². The molecule has 0 radical (unpaired) electrons. The summed E-state index contributed by atoms with van der Waals surface area (Å²) in [6, 6.07) is 9.18. The topological polar surface area (TPSA) is 103 Å². The first-order valence-corrected chi connectivity index (χ1v) is 7.74. The molecule has 0 aliphatic heterocycles. The highest BCUT2D eigenvalue weighted by Gasteiger charge is 2.12. The summed E-state index contributed by atoms with van der Waals surface area (Å²) in [7, 11) is 1.57. The molecule has 0 aliphatic carbocycles. The van der Waals surface area contributed by atoms with Gasteiger partial charge in [0, 0.05) is 24.0 Å². The quantitative estimate of drug-likeness (QED) is 0.436. The van der Waals surface area contributed by atoms with E-state index in [1.54, 1.807) is 42.7 Å². The molecule has 0 fully saturated rings. The molecule has 4 heterocycles. The molecule has 0 atom stereocenters. The van der Waals surface area contributed by atoms with Crippen molar-refractivity contribution in [3.05, 3.63) is 60.8 Å². The Labute approximate surface area is 148 Å². The second-order valence-electron chi connectivity index (χ2n) is 5.21. The minimum atomic E-state index is 0.500. The molecule has 4 aromatic heterocycles. The molecule has 0 bridgehead atoms. The van der Waals surface area contributed by atoms with Crippen molar-refractivity contribution in [2.24, 2.45) is 5.10 Å². The van der Waals surface area contributed by atoms with E-state index in [-0.39, 0.29) is 0 Å². The van der Waals surface area contributed by atoms with Gasteiger partial charge in [-0.05, 0) is 12.1 Å². The first-order chi connectivity index (χ1) is 12.8. The molecule has 1 N–H and O–H groups in total. The Kier molecular flexibility index (Phi) is 4.17. The number of rotatable bonds is 5. The third-order valence-corrected chi connectivity index (χ3v) is 3.57. The van der Waals surface area contributed by atoms with Gasteiger partial charge in [-0.1, -0.05) is 12.1 Å². The predicted molar refractivity (Wildman–Crippen MR) is 96.5 cm³/mol. The zero-order valence-electron chi connectivity index (χ0n) is 13.8. The maximum atomic E-state index is 5.16. The Bertz CT molecular complexity index is 1060. The van der Waals surface area contributed by atoms with Crippen molar-refractivity contribution < 1.29 is 4.74 Å². The summed E-state index contributed by atoms with van der Waals surface area (Å²) in [6.45, 7) is 0. The largest absolute Gasteiger partial charge is 0.481 e. The summed E-state index contributed by atoms with van der Waals surface area (Å²) in [5, 5.41) is 9.28. The molecule has 26 heavy (non-hydrogen) atoms. The van der Waals surface area contributed by atoms with E-state index in [2.05, 4.69) is 35.6 Å². The number of methoxy groups -OCH3 is 1. The molecule has 0 saturated heterocycles. The number of fused-ring (bicyclic) bond motifs is 1. The second kappa shape index (κ2) is 6.93. The summed E-state index contributed by atoms with van der Waals surface area (Å²) in [5.74, 6) is 1.65. The van der Waals surface area contributed by atoms with Crippen LogP contribution in [0.25, 0.3) is 16.9 Å². The Morgan fingerprint density at radius 2 is 2.12 bits per heavy atom. The van der Waals surface area contributed by atoms with Crippen LogP contribution in [0.4, 0.5) is 5.82 Å². The number of anilines is 1. The lowest BCUT2D eigenvalue weighted by molar-refractivity contribution is 0.397. The maximum absolute atomic E-state index is 5.16. The van der Waals surface area contributed by atoms with Crippen LogP contribution in [-0.2, 0) is 0 Å². The molecule has 0 amide bonds. The van der Waals surface area contributed by atoms with Crippen molar-refractivity contribution in [1.82, 2.24) is 29.7 Å². The van der Waals surface area contributed by atoms with E-state index < -0.39 is 0 Å². The minimum absolute atomic E-state index is 0.500. The zero-order chi connectivity index (χ0) is 17.8. The monoisotopic (exact) mass is 346 g/mol. The number of ether oxygens (including phenoxy) is 1. The SMILES string of the molecule is COc1cccc(-n2ncc3c(NN=Cc4cccnc4)ncnc32)n1. The molecule has 0 saturated carbocycles. The summed E-state index contributed by atoms with van der Waals surface area (Å²) in [4.78, 5) is 16.9. The highest BCUT2D eigenvalue weighted by atomic mass is 16.5. The van der Waals surface area contributed by atoms with E-state index in [1.165, 1.54) is 6.33 Å². The van der Waals surface area contributed by atoms with Gasteiger partial charge in [-0.3, -0.25) is 10.4 Å². The van der Waals surface area contributed by atoms with Gasteiger partial charge in [0.25, 0.3) is 0 Å². The lowest BCUT2D eigenvalue weighted by Crippen LogP contribution is -2.02. The number of hydrazone groups is 1. The maximum Gasteiger partial charge on any atom is 0.214 e. The summed E-state index contributed by atoms with van der Waals surface area (Å²) in [6.07, 6.45) is 8.20. The van der Waals surface area contributed by atoms with Crippen LogP contribution < -0.4 is 10.2 Å². The van der Waals surface area contributed by atoms with Gasteiger partial charge >= 0.3 is 0 Å². The Hall–Kier alpha value is -3.88. The van der Waals surface area contributed by atoms with Crippen molar-refractivity contribution in [2.75, 3.05) is 12.5 Å². The second-order valence-corrected chi connectivity index (χ2v) is 5.21. The smallest absolute Gasteiger partial charge is 0.214 e. The fourth-order valence-corrected chi connectivity index (χ4v) is 2.36. The third-order valence-electron chi connectivity index (χ3n) is 3.57. The Balaban J connectivity index is 1.66. The van der Waals surface area contributed by atoms with Crippen LogP contribution in [0.1, 0.15) is 5.56 Å². The van der Waals surface area contributed by atoms with E-state index in [0.717, 1.165) is 10.9 Å². The summed E-state index contributed by atoms with van der Waals surface area (Å²) < 4.78 is 6.78. The highest BCUT2D eigenvalue weighted by Crippen LogP contribution is 2.21. The summed E-state index contributed by atoms with van der Waals surface area (Å²) in [5.41, 5.74) is 4.40. The minimum Gasteiger partial charge on any atom is -0.481 e. The third kappa shape index (κ3) is 3.05. The predicted octanol–water partition coefficient (Wildman–Crippen LogP) is 2.06. The van der Waals surface area contributed by atoms with Gasteiger partial charge in [0.2, 0.25) is 5.88 Å². The van der Waals surface area contributed by atoms with Crippen molar-refractivity contribution in [3.8, 4) is 11.7 Å². The zero-order valence-corrected chi connectivity index (χ0v) is 13.8. The van der Waals surface area contributed by atoms with Gasteiger partial charge in [0.05, 0.1) is 24.9 Å². The number of hydrogen-bond acceptors (Lipinski definition) is 8. The van der Waals surface area contributed by atoms with Crippen molar-refractivity contribution in [3.63, 3.8) is 0 Å². The van der Waals surface area contributed by atoms with Crippen LogP contribution in [0.3, 0.4) is 0 Å². The summed E-state index contributed by atoms with van der Waals surface area (Å²) >= 11 is 0. The molecule has 0 aromatic carbocycles. The van der Waals surface area contributed by atoms with Gasteiger partial charge in [-0.2, -0.15) is 19.9 Å². The molecule has 4 rings (SSSR count).